The molecule has 0 spiro atoms. The molecule has 0 atom stereocenters. The quantitative estimate of drug-likeness (QED) is 0.287. The standard InChI is InChI=1S/C24H27ClN2O2/c1-2-3-4-5-6-10-13-21(28)27-22-19-15-14-18(25)16-20(19)26-23(22)24(29)17-11-8-7-9-12-17/h7-9,11-12,14-16,26H,2-6,10,13H2,1H3,(H,27,28). The summed E-state index contributed by atoms with van der Waals surface area (Å²) < 4.78 is 0. The lowest BCUT2D eigenvalue weighted by molar-refractivity contribution is -0.116. The van der Waals surface area contributed by atoms with Crippen LogP contribution in [0.5, 0.6) is 0 Å². The molecule has 2 N–H and O–H groups in total. The number of halogens is 1. The van der Waals surface area contributed by atoms with Gasteiger partial charge in [-0.25, -0.2) is 0 Å². The van der Waals surface area contributed by atoms with E-state index in [0.29, 0.717) is 28.4 Å². The predicted molar refractivity (Wildman–Crippen MR) is 120 cm³/mol. The first kappa shape index (κ1) is 21.1. The van der Waals surface area contributed by atoms with E-state index >= 15 is 0 Å². The van der Waals surface area contributed by atoms with Gasteiger partial charge in [0.15, 0.2) is 0 Å². The molecule has 0 aliphatic heterocycles. The monoisotopic (exact) mass is 410 g/mol. The lowest BCUT2D eigenvalue weighted by Crippen LogP contribution is -2.14. The second kappa shape index (κ2) is 10.3. The second-order valence-electron chi connectivity index (χ2n) is 7.33. The van der Waals surface area contributed by atoms with E-state index < -0.39 is 0 Å². The summed E-state index contributed by atoms with van der Waals surface area (Å²) in [6, 6.07) is 14.4. The molecule has 0 bridgehead atoms. The zero-order valence-corrected chi connectivity index (χ0v) is 17.5. The number of benzene rings is 2. The Bertz CT molecular complexity index is 979. The van der Waals surface area contributed by atoms with Crippen LogP contribution in [0.25, 0.3) is 10.9 Å². The first-order chi connectivity index (χ1) is 14.1. The minimum absolute atomic E-state index is 0.0709. The van der Waals surface area contributed by atoms with Crippen LogP contribution in [-0.2, 0) is 4.79 Å². The Kier molecular flexibility index (Phi) is 7.48. The van der Waals surface area contributed by atoms with Crippen LogP contribution >= 0.6 is 11.6 Å². The van der Waals surface area contributed by atoms with E-state index in [0.717, 1.165) is 30.2 Å². The van der Waals surface area contributed by atoms with Gasteiger partial charge in [0.1, 0.15) is 5.69 Å². The highest BCUT2D eigenvalue weighted by atomic mass is 35.5. The van der Waals surface area contributed by atoms with E-state index in [1.54, 1.807) is 24.3 Å². The van der Waals surface area contributed by atoms with Crippen molar-refractivity contribution in [3.05, 3.63) is 64.8 Å². The Morgan fingerprint density at radius 2 is 1.69 bits per heavy atom. The van der Waals surface area contributed by atoms with Crippen LogP contribution in [0.1, 0.15) is 67.9 Å². The van der Waals surface area contributed by atoms with Crippen LogP contribution in [-0.4, -0.2) is 16.7 Å². The molecular weight excluding hydrogens is 384 g/mol. The minimum Gasteiger partial charge on any atom is -0.350 e. The number of hydrogen-bond acceptors (Lipinski definition) is 2. The summed E-state index contributed by atoms with van der Waals surface area (Å²) in [5, 5.41) is 4.33. The molecule has 1 aromatic heterocycles. The number of ketones is 1. The minimum atomic E-state index is -0.159. The number of carbonyl (C=O) groups excluding carboxylic acids is 2. The Hall–Kier alpha value is -2.59. The molecule has 0 unspecified atom stereocenters. The number of rotatable bonds is 10. The number of nitrogens with one attached hydrogen (secondary N) is 2. The number of fused-ring (bicyclic) bond motifs is 1. The van der Waals surface area contributed by atoms with Gasteiger partial charge in [0.2, 0.25) is 11.7 Å². The highest BCUT2D eigenvalue weighted by Crippen LogP contribution is 2.31. The van der Waals surface area contributed by atoms with E-state index in [1.807, 2.05) is 24.3 Å². The summed E-state index contributed by atoms with van der Waals surface area (Å²) in [7, 11) is 0. The van der Waals surface area contributed by atoms with Crippen molar-refractivity contribution in [2.75, 3.05) is 5.32 Å². The number of amides is 1. The molecular formula is C24H27ClN2O2. The average molecular weight is 411 g/mol. The van der Waals surface area contributed by atoms with Crippen molar-refractivity contribution < 1.29 is 9.59 Å². The summed E-state index contributed by atoms with van der Waals surface area (Å²) in [5.74, 6) is -0.230. The molecule has 0 aliphatic rings. The molecule has 1 amide bonds. The average Bonchev–Trinajstić information content (AvgIpc) is 3.08. The van der Waals surface area contributed by atoms with Gasteiger partial charge in [-0.1, -0.05) is 81.0 Å². The predicted octanol–water partition coefficient (Wildman–Crippen LogP) is 6.74. The summed E-state index contributed by atoms with van der Waals surface area (Å²) in [5.41, 5.74) is 2.20. The Morgan fingerprint density at radius 3 is 2.45 bits per heavy atom. The molecule has 1 heterocycles. The maximum atomic E-state index is 13.0. The van der Waals surface area contributed by atoms with Gasteiger partial charge in [0.25, 0.3) is 0 Å². The van der Waals surface area contributed by atoms with Gasteiger partial charge in [-0.15, -0.1) is 0 Å². The van der Waals surface area contributed by atoms with Gasteiger partial charge < -0.3 is 10.3 Å². The van der Waals surface area contributed by atoms with Crippen molar-refractivity contribution in [2.24, 2.45) is 0 Å². The Morgan fingerprint density at radius 1 is 0.966 bits per heavy atom. The molecule has 5 heteroatoms. The number of hydrogen-bond donors (Lipinski definition) is 2. The molecule has 29 heavy (non-hydrogen) atoms. The van der Waals surface area contributed by atoms with Gasteiger partial charge in [-0.2, -0.15) is 0 Å². The van der Waals surface area contributed by atoms with Crippen LogP contribution in [0.3, 0.4) is 0 Å². The summed E-state index contributed by atoms with van der Waals surface area (Å²) in [4.78, 5) is 28.8. The highest BCUT2D eigenvalue weighted by molar-refractivity contribution is 6.31. The number of aromatic nitrogens is 1. The van der Waals surface area contributed by atoms with Crippen molar-refractivity contribution in [1.29, 1.82) is 0 Å². The fourth-order valence-corrected chi connectivity index (χ4v) is 3.64. The van der Waals surface area contributed by atoms with Crippen molar-refractivity contribution in [3.63, 3.8) is 0 Å². The van der Waals surface area contributed by atoms with Crippen molar-refractivity contribution in [1.82, 2.24) is 4.98 Å². The maximum Gasteiger partial charge on any atom is 0.224 e. The molecule has 0 saturated carbocycles. The Balaban J connectivity index is 1.78. The largest absolute Gasteiger partial charge is 0.350 e. The molecule has 0 fully saturated rings. The van der Waals surface area contributed by atoms with Crippen molar-refractivity contribution >= 4 is 39.9 Å². The first-order valence-corrected chi connectivity index (χ1v) is 10.7. The number of aromatic amines is 1. The van der Waals surface area contributed by atoms with Gasteiger partial charge in [-0.3, -0.25) is 9.59 Å². The molecule has 152 valence electrons. The third kappa shape index (κ3) is 5.48. The maximum absolute atomic E-state index is 13.0. The van der Waals surface area contributed by atoms with Crippen LogP contribution in [0, 0.1) is 0 Å². The van der Waals surface area contributed by atoms with E-state index in [4.69, 9.17) is 11.6 Å². The molecule has 4 nitrogen and oxygen atoms in total. The van der Waals surface area contributed by atoms with E-state index in [9.17, 15) is 9.59 Å². The zero-order valence-electron chi connectivity index (χ0n) is 16.8. The van der Waals surface area contributed by atoms with Crippen LogP contribution < -0.4 is 5.32 Å². The smallest absolute Gasteiger partial charge is 0.224 e. The van der Waals surface area contributed by atoms with Gasteiger partial charge in [0.05, 0.1) is 5.69 Å². The second-order valence-corrected chi connectivity index (χ2v) is 7.76. The molecule has 2 aromatic carbocycles. The summed E-state index contributed by atoms with van der Waals surface area (Å²) in [6.45, 7) is 2.19. The number of anilines is 1. The molecule has 3 aromatic rings. The van der Waals surface area contributed by atoms with E-state index in [1.165, 1.54) is 19.3 Å². The van der Waals surface area contributed by atoms with Crippen molar-refractivity contribution in [3.8, 4) is 0 Å². The third-order valence-electron chi connectivity index (χ3n) is 5.05. The van der Waals surface area contributed by atoms with Gasteiger partial charge >= 0.3 is 0 Å². The van der Waals surface area contributed by atoms with Crippen LogP contribution in [0.4, 0.5) is 5.69 Å². The van der Waals surface area contributed by atoms with E-state index in [2.05, 4.69) is 17.2 Å². The first-order valence-electron chi connectivity index (χ1n) is 10.3. The summed E-state index contributed by atoms with van der Waals surface area (Å²) in [6.07, 6.45) is 7.18. The zero-order chi connectivity index (χ0) is 20.6. The third-order valence-corrected chi connectivity index (χ3v) is 5.28. The number of carbonyl (C=O) groups is 2. The lowest BCUT2D eigenvalue weighted by Gasteiger charge is -2.08. The molecule has 0 radical (unpaired) electrons. The number of H-pyrrole nitrogens is 1. The topological polar surface area (TPSA) is 62.0 Å². The Labute approximate surface area is 176 Å². The van der Waals surface area contributed by atoms with E-state index in [-0.39, 0.29) is 11.7 Å². The molecule has 0 saturated heterocycles. The molecule has 0 aliphatic carbocycles. The molecule has 3 rings (SSSR count). The fourth-order valence-electron chi connectivity index (χ4n) is 3.47. The lowest BCUT2D eigenvalue weighted by atomic mass is 10.1. The summed E-state index contributed by atoms with van der Waals surface area (Å²) >= 11 is 6.11. The van der Waals surface area contributed by atoms with Gasteiger partial charge in [0, 0.05) is 27.9 Å². The van der Waals surface area contributed by atoms with Crippen LogP contribution in [0.15, 0.2) is 48.5 Å². The van der Waals surface area contributed by atoms with Gasteiger partial charge in [-0.05, 0) is 24.6 Å². The number of unbranched alkanes of at least 4 members (excludes halogenated alkanes) is 5. The normalized spacial score (nSPS) is 11.0. The SMILES string of the molecule is CCCCCCCCC(=O)Nc1c(C(=O)c2ccccc2)[nH]c2cc(Cl)ccc12. The van der Waals surface area contributed by atoms with Crippen LogP contribution in [0.2, 0.25) is 5.02 Å². The van der Waals surface area contributed by atoms with Crippen molar-refractivity contribution in [2.45, 2.75) is 51.9 Å². The fraction of sp³-hybridized carbons (Fsp3) is 0.333. The highest BCUT2D eigenvalue weighted by Gasteiger charge is 2.21.